The standard InChI is InChI=1S/C19H27NO5/c1-11-15-9-12(18(22)25-11)8-13-10-19(23-6-7-24-19)5-4-14(13)16(15)17(21)20(2)3/h8,11-12,14-16H,4-7,9-10H2,1-3H3/t11?,12-,14+,15-,16-/m0/s1. The lowest BCUT2D eigenvalue weighted by Gasteiger charge is -2.43. The lowest BCUT2D eigenvalue weighted by molar-refractivity contribution is -0.177. The van der Waals surface area contributed by atoms with E-state index in [1.54, 1.807) is 19.0 Å². The predicted octanol–water partition coefficient (Wildman–Crippen LogP) is 1.74. The van der Waals surface area contributed by atoms with E-state index in [2.05, 4.69) is 6.08 Å². The van der Waals surface area contributed by atoms with Gasteiger partial charge >= 0.3 is 5.97 Å². The molecular weight excluding hydrogens is 322 g/mol. The first kappa shape index (κ1) is 17.0. The SMILES string of the molecule is CC1OC(=O)[C@H]2C=C3CC4(CC[C@H]3[C@H](C(=O)N(C)C)[C@H]1C2)OCCO4. The molecule has 1 spiro atoms. The zero-order chi connectivity index (χ0) is 17.8. The van der Waals surface area contributed by atoms with Gasteiger partial charge in [-0.25, -0.2) is 0 Å². The molecule has 0 aromatic heterocycles. The van der Waals surface area contributed by atoms with E-state index in [9.17, 15) is 9.59 Å². The smallest absolute Gasteiger partial charge is 0.313 e. The molecule has 4 aliphatic rings. The van der Waals surface area contributed by atoms with E-state index in [-0.39, 0.29) is 41.7 Å². The summed E-state index contributed by atoms with van der Waals surface area (Å²) in [6.07, 6.45) is 4.83. The third kappa shape index (κ3) is 2.79. The van der Waals surface area contributed by atoms with Gasteiger partial charge in [-0.1, -0.05) is 11.6 Å². The zero-order valence-corrected chi connectivity index (χ0v) is 15.2. The van der Waals surface area contributed by atoms with E-state index < -0.39 is 5.79 Å². The van der Waals surface area contributed by atoms with Crippen molar-refractivity contribution in [2.24, 2.45) is 23.7 Å². The maximum absolute atomic E-state index is 13.0. The van der Waals surface area contributed by atoms with Gasteiger partial charge in [0.1, 0.15) is 6.10 Å². The van der Waals surface area contributed by atoms with Gasteiger partial charge in [-0.2, -0.15) is 0 Å². The maximum atomic E-state index is 13.0. The van der Waals surface area contributed by atoms with Crippen LogP contribution in [0.3, 0.4) is 0 Å². The van der Waals surface area contributed by atoms with E-state index in [0.717, 1.165) is 18.4 Å². The van der Waals surface area contributed by atoms with Crippen LogP contribution in [0.15, 0.2) is 11.6 Å². The summed E-state index contributed by atoms with van der Waals surface area (Å²) in [5.41, 5.74) is 1.15. The molecular formula is C19H27NO5. The molecule has 6 nitrogen and oxygen atoms in total. The van der Waals surface area contributed by atoms with Crippen molar-refractivity contribution in [2.75, 3.05) is 27.3 Å². The minimum atomic E-state index is -0.554. The number of rotatable bonds is 1. The second-order valence-electron chi connectivity index (χ2n) is 8.08. The number of carbonyl (C=O) groups is 2. The van der Waals surface area contributed by atoms with Gasteiger partial charge in [0, 0.05) is 32.9 Å². The van der Waals surface area contributed by atoms with Crippen LogP contribution in [0, 0.1) is 23.7 Å². The average molecular weight is 349 g/mol. The Morgan fingerprint density at radius 1 is 1.28 bits per heavy atom. The minimum absolute atomic E-state index is 0.0656. The van der Waals surface area contributed by atoms with Crippen molar-refractivity contribution in [2.45, 2.75) is 44.5 Å². The Kier molecular flexibility index (Phi) is 4.15. The summed E-state index contributed by atoms with van der Waals surface area (Å²) in [4.78, 5) is 27.1. The number of amides is 1. The lowest BCUT2D eigenvalue weighted by atomic mass is 9.68. The Labute approximate surface area is 148 Å². The van der Waals surface area contributed by atoms with E-state index in [1.165, 1.54) is 0 Å². The quantitative estimate of drug-likeness (QED) is 0.533. The summed E-state index contributed by atoms with van der Waals surface area (Å²) in [5.74, 6) is -0.780. The number of hydrogen-bond donors (Lipinski definition) is 0. The first-order valence-corrected chi connectivity index (χ1v) is 9.30. The summed E-state index contributed by atoms with van der Waals surface area (Å²) < 4.78 is 17.4. The molecule has 0 aromatic carbocycles. The van der Waals surface area contributed by atoms with Gasteiger partial charge in [-0.05, 0) is 25.7 Å². The van der Waals surface area contributed by atoms with Gasteiger partial charge in [-0.3, -0.25) is 9.59 Å². The molecule has 1 amide bonds. The van der Waals surface area contributed by atoms with Crippen LogP contribution < -0.4 is 0 Å². The molecule has 0 aromatic rings. The van der Waals surface area contributed by atoms with E-state index >= 15 is 0 Å². The Bertz CT molecular complexity index is 607. The van der Waals surface area contributed by atoms with E-state index in [0.29, 0.717) is 26.1 Å². The van der Waals surface area contributed by atoms with Crippen LogP contribution in [0.1, 0.15) is 32.6 Å². The second-order valence-corrected chi connectivity index (χ2v) is 8.08. The van der Waals surface area contributed by atoms with Crippen molar-refractivity contribution in [3.05, 3.63) is 11.6 Å². The molecule has 5 atom stereocenters. The number of fused-ring (bicyclic) bond motifs is 3. The third-order valence-electron chi connectivity index (χ3n) is 6.37. The van der Waals surface area contributed by atoms with Gasteiger partial charge in [0.15, 0.2) is 5.79 Å². The number of cyclic esters (lactones) is 1. The number of ether oxygens (including phenoxy) is 3. The number of hydrogen-bond acceptors (Lipinski definition) is 5. The summed E-state index contributed by atoms with van der Waals surface area (Å²) in [6.45, 7) is 3.15. The fourth-order valence-electron chi connectivity index (χ4n) is 5.15. The van der Waals surface area contributed by atoms with Gasteiger partial charge in [-0.15, -0.1) is 0 Å². The molecule has 2 aliphatic carbocycles. The van der Waals surface area contributed by atoms with Crippen molar-refractivity contribution >= 4 is 11.9 Å². The van der Waals surface area contributed by atoms with Crippen LogP contribution in [0.5, 0.6) is 0 Å². The van der Waals surface area contributed by atoms with E-state index in [1.807, 2.05) is 6.92 Å². The fraction of sp³-hybridized carbons (Fsp3) is 0.789. The molecule has 2 heterocycles. The van der Waals surface area contributed by atoms with Crippen molar-refractivity contribution in [1.82, 2.24) is 4.90 Å². The van der Waals surface area contributed by atoms with Gasteiger partial charge in [0.05, 0.1) is 25.0 Å². The van der Waals surface area contributed by atoms with Crippen LogP contribution in [0.4, 0.5) is 0 Å². The monoisotopic (exact) mass is 349 g/mol. The van der Waals surface area contributed by atoms with Crippen molar-refractivity contribution < 1.29 is 23.8 Å². The maximum Gasteiger partial charge on any atom is 0.313 e. The van der Waals surface area contributed by atoms with Gasteiger partial charge < -0.3 is 19.1 Å². The van der Waals surface area contributed by atoms with Crippen molar-refractivity contribution in [1.29, 1.82) is 0 Å². The summed E-state index contributed by atoms with van der Waals surface area (Å²) in [5, 5.41) is 0. The molecule has 0 N–H and O–H groups in total. The fourth-order valence-corrected chi connectivity index (χ4v) is 5.15. The van der Waals surface area contributed by atoms with Crippen LogP contribution in [-0.2, 0) is 23.8 Å². The molecule has 138 valence electrons. The molecule has 3 fully saturated rings. The Balaban J connectivity index is 1.72. The Morgan fingerprint density at radius 2 is 2.00 bits per heavy atom. The highest BCUT2D eigenvalue weighted by Gasteiger charge is 2.52. The summed E-state index contributed by atoms with van der Waals surface area (Å²) >= 11 is 0. The molecule has 25 heavy (non-hydrogen) atoms. The summed E-state index contributed by atoms with van der Waals surface area (Å²) in [6, 6.07) is 0. The molecule has 1 saturated carbocycles. The highest BCUT2D eigenvalue weighted by atomic mass is 16.7. The molecule has 0 radical (unpaired) electrons. The van der Waals surface area contributed by atoms with Crippen molar-refractivity contribution in [3.8, 4) is 0 Å². The van der Waals surface area contributed by atoms with E-state index in [4.69, 9.17) is 14.2 Å². The van der Waals surface area contributed by atoms with Crippen molar-refractivity contribution in [3.63, 3.8) is 0 Å². The molecule has 2 aliphatic heterocycles. The molecule has 4 rings (SSSR count). The first-order chi connectivity index (χ1) is 11.9. The van der Waals surface area contributed by atoms with Crippen LogP contribution in [-0.4, -0.2) is 56.0 Å². The van der Waals surface area contributed by atoms with Crippen LogP contribution in [0.25, 0.3) is 0 Å². The molecule has 1 unspecified atom stereocenters. The highest BCUT2D eigenvalue weighted by Crippen LogP contribution is 2.51. The zero-order valence-electron chi connectivity index (χ0n) is 15.2. The van der Waals surface area contributed by atoms with Gasteiger partial charge in [0.25, 0.3) is 0 Å². The highest BCUT2D eigenvalue weighted by molar-refractivity contribution is 5.81. The normalized spacial score (nSPS) is 39.2. The number of carbonyl (C=O) groups excluding carboxylic acids is 2. The molecule has 6 heteroatoms. The summed E-state index contributed by atoms with van der Waals surface area (Å²) in [7, 11) is 3.61. The number of nitrogens with zero attached hydrogens (tertiary/aromatic N) is 1. The molecule has 2 bridgehead atoms. The predicted molar refractivity (Wildman–Crippen MR) is 89.4 cm³/mol. The Hall–Kier alpha value is -1.40. The number of esters is 1. The van der Waals surface area contributed by atoms with Crippen LogP contribution in [0.2, 0.25) is 0 Å². The second kappa shape index (κ2) is 6.09. The topological polar surface area (TPSA) is 65.1 Å². The third-order valence-corrected chi connectivity index (χ3v) is 6.37. The Morgan fingerprint density at radius 3 is 2.68 bits per heavy atom. The minimum Gasteiger partial charge on any atom is -0.462 e. The first-order valence-electron chi connectivity index (χ1n) is 9.30. The van der Waals surface area contributed by atoms with Crippen LogP contribution >= 0.6 is 0 Å². The molecule has 2 saturated heterocycles. The van der Waals surface area contributed by atoms with Gasteiger partial charge in [0.2, 0.25) is 5.91 Å². The largest absolute Gasteiger partial charge is 0.462 e. The lowest BCUT2D eigenvalue weighted by Crippen LogP contribution is -2.48. The average Bonchev–Trinajstić information content (AvgIpc) is 2.94.